The lowest BCUT2D eigenvalue weighted by molar-refractivity contribution is 0.0675. The average Bonchev–Trinajstić information content (AvgIpc) is 2.67. The molecule has 0 spiro atoms. The Morgan fingerprint density at radius 3 is 2.69 bits per heavy atom. The Bertz CT molecular complexity index is 741. The van der Waals surface area contributed by atoms with Gasteiger partial charge in [0.15, 0.2) is 0 Å². The van der Waals surface area contributed by atoms with Crippen LogP contribution in [0.4, 0.5) is 15.3 Å². The van der Waals surface area contributed by atoms with E-state index in [1.807, 2.05) is 18.2 Å². The first-order valence-electron chi connectivity index (χ1n) is 8.27. The lowest BCUT2D eigenvalue weighted by atomic mass is 10.2. The number of para-hydroxylation sites is 1. The number of ether oxygens (including phenoxy) is 1. The molecule has 26 heavy (non-hydrogen) atoms. The van der Waals surface area contributed by atoms with E-state index in [1.54, 1.807) is 41.6 Å². The molecule has 3 amide bonds. The Hall–Kier alpha value is -3.29. The second kappa shape index (κ2) is 8.19. The quantitative estimate of drug-likeness (QED) is 0.877. The van der Waals surface area contributed by atoms with E-state index in [0.29, 0.717) is 18.0 Å². The molecule has 1 aromatic heterocycles. The highest BCUT2D eigenvalue weighted by molar-refractivity contribution is 5.89. The molecule has 1 unspecified atom stereocenters. The number of urea groups is 1. The van der Waals surface area contributed by atoms with Crippen LogP contribution in [0.2, 0.25) is 0 Å². The summed E-state index contributed by atoms with van der Waals surface area (Å²) in [7, 11) is 0. The summed E-state index contributed by atoms with van der Waals surface area (Å²) >= 11 is 0. The van der Waals surface area contributed by atoms with E-state index in [2.05, 4.69) is 10.3 Å². The van der Waals surface area contributed by atoms with Crippen molar-refractivity contribution < 1.29 is 19.4 Å². The maximum atomic E-state index is 12.6. The Morgan fingerprint density at radius 2 is 2.00 bits per heavy atom. The van der Waals surface area contributed by atoms with E-state index in [0.717, 1.165) is 0 Å². The molecular formula is C18H20N4O4. The topological polar surface area (TPSA) is 95.0 Å². The molecule has 136 valence electrons. The van der Waals surface area contributed by atoms with Gasteiger partial charge in [-0.1, -0.05) is 18.2 Å². The van der Waals surface area contributed by atoms with Crippen molar-refractivity contribution in [3.8, 4) is 5.75 Å². The van der Waals surface area contributed by atoms with Crippen LogP contribution in [-0.2, 0) is 0 Å². The highest BCUT2D eigenvalue weighted by Crippen LogP contribution is 2.16. The number of hydrogen-bond donors (Lipinski definition) is 2. The van der Waals surface area contributed by atoms with Crippen molar-refractivity contribution in [3.05, 3.63) is 54.9 Å². The fourth-order valence-corrected chi connectivity index (χ4v) is 2.78. The molecule has 1 aromatic carbocycles. The Kier molecular flexibility index (Phi) is 5.52. The van der Waals surface area contributed by atoms with Crippen LogP contribution in [0.1, 0.15) is 0 Å². The zero-order chi connectivity index (χ0) is 18.4. The van der Waals surface area contributed by atoms with E-state index in [4.69, 9.17) is 4.74 Å². The summed E-state index contributed by atoms with van der Waals surface area (Å²) in [6, 6.07) is 12.0. The van der Waals surface area contributed by atoms with E-state index >= 15 is 0 Å². The van der Waals surface area contributed by atoms with E-state index in [1.165, 1.54) is 4.90 Å². The summed E-state index contributed by atoms with van der Waals surface area (Å²) in [5.41, 5.74) is 0.685. The Morgan fingerprint density at radius 1 is 1.19 bits per heavy atom. The fraction of sp³-hybridized carbons (Fsp3) is 0.278. The lowest BCUT2D eigenvalue weighted by Crippen LogP contribution is -2.59. The van der Waals surface area contributed by atoms with Crippen molar-refractivity contribution in [1.29, 1.82) is 0 Å². The van der Waals surface area contributed by atoms with Gasteiger partial charge < -0.3 is 25.0 Å². The van der Waals surface area contributed by atoms with E-state index in [-0.39, 0.29) is 25.7 Å². The smallest absolute Gasteiger partial charge is 0.407 e. The highest BCUT2D eigenvalue weighted by Gasteiger charge is 2.33. The summed E-state index contributed by atoms with van der Waals surface area (Å²) < 4.78 is 5.70. The largest absolute Gasteiger partial charge is 0.490 e. The molecule has 1 fully saturated rings. The third-order valence-electron chi connectivity index (χ3n) is 4.12. The fourth-order valence-electron chi connectivity index (χ4n) is 2.78. The summed E-state index contributed by atoms with van der Waals surface area (Å²) in [5, 5.41) is 12.1. The van der Waals surface area contributed by atoms with Gasteiger partial charge in [0.25, 0.3) is 0 Å². The van der Waals surface area contributed by atoms with Crippen molar-refractivity contribution in [2.45, 2.75) is 6.04 Å². The molecule has 8 nitrogen and oxygen atoms in total. The number of carboxylic acid groups (broad SMARTS) is 1. The number of carbonyl (C=O) groups excluding carboxylic acids is 1. The van der Waals surface area contributed by atoms with Crippen molar-refractivity contribution in [2.24, 2.45) is 0 Å². The SMILES string of the molecule is O=C(O)N1CCN(C(=O)Nc2ccccc2)C(COc2cccnc2)C1. The van der Waals surface area contributed by atoms with Gasteiger partial charge in [-0.05, 0) is 24.3 Å². The predicted molar refractivity (Wildman–Crippen MR) is 95.3 cm³/mol. The summed E-state index contributed by atoms with van der Waals surface area (Å²) in [6.45, 7) is 0.933. The number of nitrogens with zero attached hydrogens (tertiary/aromatic N) is 3. The molecule has 2 N–H and O–H groups in total. The Labute approximate surface area is 151 Å². The van der Waals surface area contributed by atoms with Crippen molar-refractivity contribution in [2.75, 3.05) is 31.6 Å². The zero-order valence-electron chi connectivity index (χ0n) is 14.1. The standard InChI is InChI=1S/C18H20N4O4/c23-17(20-14-5-2-1-3-6-14)22-10-9-21(18(24)25)12-15(22)13-26-16-7-4-8-19-11-16/h1-8,11,15H,9-10,12-13H2,(H,20,23)(H,24,25). The van der Waals surface area contributed by atoms with Gasteiger partial charge in [-0.3, -0.25) is 4.98 Å². The molecular weight excluding hydrogens is 336 g/mol. The van der Waals surface area contributed by atoms with Crippen LogP contribution in [-0.4, -0.2) is 64.3 Å². The highest BCUT2D eigenvalue weighted by atomic mass is 16.5. The van der Waals surface area contributed by atoms with Crippen LogP contribution >= 0.6 is 0 Å². The average molecular weight is 356 g/mol. The number of anilines is 1. The summed E-state index contributed by atoms with van der Waals surface area (Å²) in [6.07, 6.45) is 2.21. The normalized spacial score (nSPS) is 16.8. The van der Waals surface area contributed by atoms with Gasteiger partial charge in [-0.15, -0.1) is 0 Å². The molecule has 1 aliphatic rings. The molecule has 0 bridgehead atoms. The second-order valence-electron chi connectivity index (χ2n) is 5.87. The van der Waals surface area contributed by atoms with Crippen LogP contribution in [0.15, 0.2) is 54.9 Å². The third-order valence-corrected chi connectivity index (χ3v) is 4.12. The third kappa shape index (κ3) is 4.41. The van der Waals surface area contributed by atoms with Crippen LogP contribution in [0.25, 0.3) is 0 Å². The zero-order valence-corrected chi connectivity index (χ0v) is 14.1. The number of hydrogen-bond acceptors (Lipinski definition) is 4. The lowest BCUT2D eigenvalue weighted by Gasteiger charge is -2.39. The van der Waals surface area contributed by atoms with Crippen LogP contribution in [0.3, 0.4) is 0 Å². The Balaban J connectivity index is 1.68. The van der Waals surface area contributed by atoms with Crippen LogP contribution in [0, 0.1) is 0 Å². The number of nitrogens with one attached hydrogen (secondary N) is 1. The first-order chi connectivity index (χ1) is 12.6. The van der Waals surface area contributed by atoms with Gasteiger partial charge >= 0.3 is 12.1 Å². The monoisotopic (exact) mass is 356 g/mol. The predicted octanol–water partition coefficient (Wildman–Crippen LogP) is 2.36. The number of amides is 3. The van der Waals surface area contributed by atoms with Crippen LogP contribution < -0.4 is 10.1 Å². The minimum Gasteiger partial charge on any atom is -0.490 e. The molecule has 1 saturated heterocycles. The van der Waals surface area contributed by atoms with Crippen molar-refractivity contribution >= 4 is 17.8 Å². The molecule has 2 aromatic rings. The number of aromatic nitrogens is 1. The first-order valence-corrected chi connectivity index (χ1v) is 8.27. The maximum Gasteiger partial charge on any atom is 0.407 e. The molecule has 8 heteroatoms. The second-order valence-corrected chi connectivity index (χ2v) is 5.87. The molecule has 3 rings (SSSR count). The van der Waals surface area contributed by atoms with E-state index < -0.39 is 12.1 Å². The van der Waals surface area contributed by atoms with Gasteiger partial charge in [-0.2, -0.15) is 0 Å². The van der Waals surface area contributed by atoms with Gasteiger partial charge in [0.1, 0.15) is 12.4 Å². The molecule has 2 heterocycles. The minimum absolute atomic E-state index is 0.178. The first kappa shape index (κ1) is 17.5. The van der Waals surface area contributed by atoms with E-state index in [9.17, 15) is 14.7 Å². The van der Waals surface area contributed by atoms with Crippen LogP contribution in [0.5, 0.6) is 5.75 Å². The van der Waals surface area contributed by atoms with Gasteiger partial charge in [0.05, 0.1) is 12.2 Å². The van der Waals surface area contributed by atoms with Gasteiger partial charge in [-0.25, -0.2) is 9.59 Å². The van der Waals surface area contributed by atoms with Gasteiger partial charge in [0.2, 0.25) is 0 Å². The number of pyridine rings is 1. The summed E-state index contributed by atoms with van der Waals surface area (Å²) in [4.78, 5) is 30.8. The van der Waals surface area contributed by atoms with Crippen molar-refractivity contribution in [1.82, 2.24) is 14.8 Å². The number of piperazine rings is 1. The molecule has 1 aliphatic heterocycles. The molecule has 1 atom stereocenters. The molecule has 0 saturated carbocycles. The number of rotatable bonds is 4. The number of carbonyl (C=O) groups is 2. The summed E-state index contributed by atoms with van der Waals surface area (Å²) in [5.74, 6) is 0.573. The van der Waals surface area contributed by atoms with Gasteiger partial charge in [0, 0.05) is 31.5 Å². The molecule has 0 aliphatic carbocycles. The number of benzene rings is 1. The maximum absolute atomic E-state index is 12.6. The molecule has 0 radical (unpaired) electrons. The minimum atomic E-state index is -1.00. The van der Waals surface area contributed by atoms with Crippen molar-refractivity contribution in [3.63, 3.8) is 0 Å².